The highest BCUT2D eigenvalue weighted by molar-refractivity contribution is 5.96. The molecule has 3 rings (SSSR count). The number of hydrogen-bond donors (Lipinski definition) is 1. The first kappa shape index (κ1) is 16.5. The fourth-order valence-electron chi connectivity index (χ4n) is 2.88. The number of amides is 1. The molecule has 0 saturated carbocycles. The molecule has 1 aromatic heterocycles. The Kier molecular flexibility index (Phi) is 5.21. The molecule has 22 heavy (non-hydrogen) atoms. The molecule has 118 valence electrons. The van der Waals surface area contributed by atoms with Crippen LogP contribution in [0.25, 0.3) is 11.0 Å². The zero-order chi connectivity index (χ0) is 14.8. The van der Waals surface area contributed by atoms with Crippen LogP contribution >= 0.6 is 12.4 Å². The fourth-order valence-corrected chi connectivity index (χ4v) is 2.88. The summed E-state index contributed by atoms with van der Waals surface area (Å²) in [6.07, 6.45) is 2.90. The number of halogens is 1. The highest BCUT2D eigenvalue weighted by atomic mass is 35.5. The van der Waals surface area contributed by atoms with Crippen molar-refractivity contribution in [2.75, 3.05) is 13.1 Å². The SMILES string of the molecule is Cl.NCC1CCCCN1C(=O)c1cc2ccccc2oc1=O. The summed E-state index contributed by atoms with van der Waals surface area (Å²) in [5.41, 5.74) is 5.74. The Morgan fingerprint density at radius 1 is 1.32 bits per heavy atom. The minimum absolute atomic E-state index is 0. The van der Waals surface area contributed by atoms with Crippen LogP contribution in [-0.4, -0.2) is 29.9 Å². The van der Waals surface area contributed by atoms with Crippen LogP contribution in [0.5, 0.6) is 0 Å². The van der Waals surface area contributed by atoms with Gasteiger partial charge in [0.1, 0.15) is 11.1 Å². The van der Waals surface area contributed by atoms with Gasteiger partial charge in [0.25, 0.3) is 5.91 Å². The summed E-state index contributed by atoms with van der Waals surface area (Å²) >= 11 is 0. The van der Waals surface area contributed by atoms with Crippen molar-refractivity contribution in [3.63, 3.8) is 0 Å². The number of rotatable bonds is 2. The first-order chi connectivity index (χ1) is 10.2. The molecular weight excluding hydrogens is 304 g/mol. The Morgan fingerprint density at radius 2 is 2.09 bits per heavy atom. The molecule has 6 heteroatoms. The standard InChI is InChI=1S/C16H18N2O3.ClH/c17-10-12-6-3-4-8-18(12)15(19)13-9-11-5-1-2-7-14(11)21-16(13)20;/h1-2,5,7,9,12H,3-4,6,8,10,17H2;1H. The zero-order valence-corrected chi connectivity index (χ0v) is 13.0. The second kappa shape index (κ2) is 6.94. The van der Waals surface area contributed by atoms with Crippen LogP contribution in [0.4, 0.5) is 0 Å². The lowest BCUT2D eigenvalue weighted by molar-refractivity contribution is 0.0619. The molecule has 1 aromatic carbocycles. The van der Waals surface area contributed by atoms with Crippen LogP contribution in [-0.2, 0) is 0 Å². The molecule has 5 nitrogen and oxygen atoms in total. The smallest absolute Gasteiger partial charge is 0.349 e. The topological polar surface area (TPSA) is 76.5 Å². The van der Waals surface area contributed by atoms with Crippen molar-refractivity contribution in [2.24, 2.45) is 5.73 Å². The van der Waals surface area contributed by atoms with E-state index < -0.39 is 5.63 Å². The van der Waals surface area contributed by atoms with Gasteiger partial charge in [0.2, 0.25) is 0 Å². The predicted molar refractivity (Wildman–Crippen MR) is 87.5 cm³/mol. The average Bonchev–Trinajstić information content (AvgIpc) is 2.53. The first-order valence-corrected chi connectivity index (χ1v) is 7.24. The van der Waals surface area contributed by atoms with Crippen molar-refractivity contribution < 1.29 is 9.21 Å². The van der Waals surface area contributed by atoms with Crippen LogP contribution in [0.2, 0.25) is 0 Å². The molecule has 1 atom stereocenters. The molecule has 0 radical (unpaired) electrons. The zero-order valence-electron chi connectivity index (χ0n) is 12.2. The molecule has 1 aliphatic rings. The van der Waals surface area contributed by atoms with E-state index >= 15 is 0 Å². The summed E-state index contributed by atoms with van der Waals surface area (Å²) in [7, 11) is 0. The lowest BCUT2D eigenvalue weighted by Gasteiger charge is -2.34. The third-order valence-corrected chi connectivity index (χ3v) is 4.03. The minimum Gasteiger partial charge on any atom is -0.422 e. The summed E-state index contributed by atoms with van der Waals surface area (Å²) < 4.78 is 5.24. The normalized spacial score (nSPS) is 18.0. The summed E-state index contributed by atoms with van der Waals surface area (Å²) in [6, 6.07) is 8.81. The van der Waals surface area contributed by atoms with Crippen LogP contribution in [0.1, 0.15) is 29.6 Å². The molecule has 0 aliphatic carbocycles. The molecule has 2 heterocycles. The number of piperidine rings is 1. The van der Waals surface area contributed by atoms with Gasteiger partial charge >= 0.3 is 5.63 Å². The van der Waals surface area contributed by atoms with Crippen molar-refractivity contribution in [2.45, 2.75) is 25.3 Å². The van der Waals surface area contributed by atoms with Crippen LogP contribution in [0.15, 0.2) is 39.5 Å². The first-order valence-electron chi connectivity index (χ1n) is 7.24. The number of benzene rings is 1. The van der Waals surface area contributed by atoms with Crippen LogP contribution in [0.3, 0.4) is 0 Å². The number of hydrogen-bond acceptors (Lipinski definition) is 4. The van der Waals surface area contributed by atoms with Gasteiger partial charge in [0.05, 0.1) is 0 Å². The number of carbonyl (C=O) groups excluding carboxylic acids is 1. The van der Waals surface area contributed by atoms with Crippen molar-refractivity contribution >= 4 is 29.3 Å². The predicted octanol–water partition coefficient (Wildman–Crippen LogP) is 2.17. The third kappa shape index (κ3) is 3.00. The summed E-state index contributed by atoms with van der Waals surface area (Å²) in [4.78, 5) is 26.4. The number of para-hydroxylation sites is 1. The molecule has 0 bridgehead atoms. The summed E-state index contributed by atoms with van der Waals surface area (Å²) in [5.74, 6) is -0.273. The molecule has 2 aromatic rings. The number of nitrogens with two attached hydrogens (primary N) is 1. The fraction of sp³-hybridized carbons (Fsp3) is 0.375. The van der Waals surface area contributed by atoms with E-state index in [1.54, 1.807) is 23.1 Å². The van der Waals surface area contributed by atoms with Crippen molar-refractivity contribution in [1.29, 1.82) is 0 Å². The molecular formula is C16H19ClN2O3. The van der Waals surface area contributed by atoms with E-state index in [-0.39, 0.29) is 29.9 Å². The Bertz CT molecular complexity index is 729. The number of carbonyl (C=O) groups is 1. The van der Waals surface area contributed by atoms with E-state index in [4.69, 9.17) is 10.2 Å². The van der Waals surface area contributed by atoms with Crippen molar-refractivity contribution in [3.8, 4) is 0 Å². The monoisotopic (exact) mass is 322 g/mol. The second-order valence-electron chi connectivity index (χ2n) is 5.37. The number of fused-ring (bicyclic) bond motifs is 1. The second-order valence-corrected chi connectivity index (χ2v) is 5.37. The van der Waals surface area contributed by atoms with Crippen LogP contribution in [0, 0.1) is 0 Å². The molecule has 1 saturated heterocycles. The van der Waals surface area contributed by atoms with Gasteiger partial charge in [-0.3, -0.25) is 4.79 Å². The molecule has 1 unspecified atom stereocenters. The van der Waals surface area contributed by atoms with E-state index in [1.807, 2.05) is 12.1 Å². The minimum atomic E-state index is -0.583. The van der Waals surface area contributed by atoms with Gasteiger partial charge in [0, 0.05) is 24.5 Å². The van der Waals surface area contributed by atoms with Crippen molar-refractivity contribution in [3.05, 3.63) is 46.3 Å². The quantitative estimate of drug-likeness (QED) is 0.860. The maximum atomic E-state index is 12.6. The molecule has 1 aliphatic heterocycles. The summed E-state index contributed by atoms with van der Waals surface area (Å²) in [5, 5.41) is 0.752. The van der Waals surface area contributed by atoms with Gasteiger partial charge < -0.3 is 15.1 Å². The highest BCUT2D eigenvalue weighted by Gasteiger charge is 2.28. The van der Waals surface area contributed by atoms with Crippen molar-refractivity contribution in [1.82, 2.24) is 4.90 Å². The van der Waals surface area contributed by atoms with E-state index in [0.717, 1.165) is 24.6 Å². The van der Waals surface area contributed by atoms with Crippen LogP contribution < -0.4 is 11.4 Å². The van der Waals surface area contributed by atoms with E-state index in [0.29, 0.717) is 18.7 Å². The number of nitrogens with zero attached hydrogens (tertiary/aromatic N) is 1. The van der Waals surface area contributed by atoms with E-state index in [1.165, 1.54) is 0 Å². The van der Waals surface area contributed by atoms with E-state index in [9.17, 15) is 9.59 Å². The molecule has 0 spiro atoms. The van der Waals surface area contributed by atoms with Gasteiger partial charge in [0.15, 0.2) is 0 Å². The van der Waals surface area contributed by atoms with Gasteiger partial charge in [-0.2, -0.15) is 0 Å². The van der Waals surface area contributed by atoms with Gasteiger partial charge in [-0.1, -0.05) is 18.2 Å². The molecule has 2 N–H and O–H groups in total. The highest BCUT2D eigenvalue weighted by Crippen LogP contribution is 2.20. The Hall–Kier alpha value is -1.85. The lowest BCUT2D eigenvalue weighted by Crippen LogP contribution is -2.48. The largest absolute Gasteiger partial charge is 0.422 e. The molecule has 1 fully saturated rings. The maximum Gasteiger partial charge on any atom is 0.349 e. The van der Waals surface area contributed by atoms with Gasteiger partial charge in [-0.25, -0.2) is 4.79 Å². The Labute approximate surface area is 134 Å². The van der Waals surface area contributed by atoms with E-state index in [2.05, 4.69) is 0 Å². The average molecular weight is 323 g/mol. The van der Waals surface area contributed by atoms with Gasteiger partial charge in [-0.15, -0.1) is 12.4 Å². The third-order valence-electron chi connectivity index (χ3n) is 4.03. The Morgan fingerprint density at radius 3 is 2.86 bits per heavy atom. The Balaban J connectivity index is 0.00000176. The molecule has 1 amide bonds. The lowest BCUT2D eigenvalue weighted by atomic mass is 10.0. The van der Waals surface area contributed by atoms with Gasteiger partial charge in [-0.05, 0) is 31.4 Å². The summed E-state index contributed by atoms with van der Waals surface area (Å²) in [6.45, 7) is 1.07. The maximum absolute atomic E-state index is 12.6. The number of likely N-dealkylation sites (tertiary alicyclic amines) is 1.